The fourth-order valence-corrected chi connectivity index (χ4v) is 2.71. The van der Waals surface area contributed by atoms with E-state index in [9.17, 15) is 0 Å². The van der Waals surface area contributed by atoms with Crippen molar-refractivity contribution >= 4 is 38.4 Å². The molecular weight excluding hydrogens is 277 g/mol. The largest absolute Gasteiger partial charge is 0.330 e. The van der Waals surface area contributed by atoms with Gasteiger partial charge in [0.1, 0.15) is 0 Å². The number of hydrogen-bond donors (Lipinski definition) is 2. The zero-order valence-electron chi connectivity index (χ0n) is 8.06. The van der Waals surface area contributed by atoms with Crippen molar-refractivity contribution in [2.24, 2.45) is 5.73 Å². The van der Waals surface area contributed by atoms with Gasteiger partial charge in [-0.1, -0.05) is 11.6 Å². The fraction of sp³-hybridized carbons (Fsp3) is 0.300. The van der Waals surface area contributed by atoms with E-state index in [1.54, 1.807) is 6.20 Å². The number of fused-ring (bicyclic) bond motifs is 1. The summed E-state index contributed by atoms with van der Waals surface area (Å²) in [6, 6.07) is 1.90. The molecule has 3 nitrogen and oxygen atoms in total. The predicted molar refractivity (Wildman–Crippen MR) is 66.2 cm³/mol. The van der Waals surface area contributed by atoms with Gasteiger partial charge in [0.15, 0.2) is 0 Å². The topological polar surface area (TPSA) is 54.7 Å². The molecule has 15 heavy (non-hydrogen) atoms. The number of rotatable bonds is 3. The molecule has 0 aliphatic rings. The van der Waals surface area contributed by atoms with Crippen LogP contribution in [0.1, 0.15) is 12.0 Å². The molecule has 1 heterocycles. The van der Waals surface area contributed by atoms with E-state index in [1.807, 2.05) is 6.07 Å². The van der Waals surface area contributed by atoms with Crippen molar-refractivity contribution in [1.29, 1.82) is 0 Å². The van der Waals surface area contributed by atoms with E-state index >= 15 is 0 Å². The molecule has 2 rings (SSSR count). The van der Waals surface area contributed by atoms with Gasteiger partial charge < -0.3 is 5.73 Å². The molecule has 80 valence electrons. The third-order valence-electron chi connectivity index (χ3n) is 2.36. The van der Waals surface area contributed by atoms with E-state index in [1.165, 1.54) is 0 Å². The molecular formula is C10H11BrClN3. The van der Waals surface area contributed by atoms with Crippen LogP contribution in [0.2, 0.25) is 5.02 Å². The Labute approximate surface area is 101 Å². The van der Waals surface area contributed by atoms with Gasteiger partial charge in [-0.15, -0.1) is 0 Å². The summed E-state index contributed by atoms with van der Waals surface area (Å²) in [4.78, 5) is 0. The number of aromatic nitrogens is 2. The summed E-state index contributed by atoms with van der Waals surface area (Å²) in [5.41, 5.74) is 7.55. The monoisotopic (exact) mass is 287 g/mol. The number of aromatic amines is 1. The predicted octanol–water partition coefficient (Wildman–Crippen LogP) is 2.87. The molecule has 0 unspecified atom stereocenters. The quantitative estimate of drug-likeness (QED) is 0.912. The molecule has 0 saturated heterocycles. The highest BCUT2D eigenvalue weighted by Gasteiger charge is 2.10. The lowest BCUT2D eigenvalue weighted by atomic mass is 10.1. The van der Waals surface area contributed by atoms with Gasteiger partial charge in [-0.3, -0.25) is 5.10 Å². The molecule has 0 atom stereocenters. The summed E-state index contributed by atoms with van der Waals surface area (Å²) >= 11 is 9.74. The third-order valence-corrected chi connectivity index (χ3v) is 3.60. The molecule has 0 fully saturated rings. The standard InChI is InChI=1S/C10H11BrClN3/c11-10-6(2-1-3-13)8(12)4-9-7(10)5-14-15-9/h4-5H,1-3,13H2,(H,14,15). The SMILES string of the molecule is NCCCc1c(Cl)cc2[nH]ncc2c1Br. The van der Waals surface area contributed by atoms with Gasteiger partial charge in [0.2, 0.25) is 0 Å². The summed E-state index contributed by atoms with van der Waals surface area (Å²) in [6.45, 7) is 0.673. The number of H-pyrrole nitrogens is 1. The molecule has 0 amide bonds. The number of halogens is 2. The van der Waals surface area contributed by atoms with Gasteiger partial charge in [0, 0.05) is 14.9 Å². The van der Waals surface area contributed by atoms with Gasteiger partial charge in [0.05, 0.1) is 11.7 Å². The van der Waals surface area contributed by atoms with Crippen LogP contribution in [0.25, 0.3) is 10.9 Å². The number of benzene rings is 1. The van der Waals surface area contributed by atoms with E-state index in [2.05, 4.69) is 26.1 Å². The van der Waals surface area contributed by atoms with Crippen LogP contribution in [-0.4, -0.2) is 16.7 Å². The van der Waals surface area contributed by atoms with E-state index in [0.29, 0.717) is 6.54 Å². The Morgan fingerprint density at radius 1 is 1.53 bits per heavy atom. The first-order chi connectivity index (χ1) is 7.24. The Balaban J connectivity index is 2.52. The summed E-state index contributed by atoms with van der Waals surface area (Å²) in [5, 5.41) is 8.70. The first-order valence-corrected chi connectivity index (χ1v) is 5.91. The van der Waals surface area contributed by atoms with E-state index in [0.717, 1.165) is 38.8 Å². The average Bonchev–Trinajstić information content (AvgIpc) is 2.65. The molecule has 0 bridgehead atoms. The Bertz CT molecular complexity index is 481. The number of nitrogens with one attached hydrogen (secondary N) is 1. The first kappa shape index (κ1) is 10.9. The van der Waals surface area contributed by atoms with Gasteiger partial charge in [0.25, 0.3) is 0 Å². The smallest absolute Gasteiger partial charge is 0.0676 e. The lowest BCUT2D eigenvalue weighted by Crippen LogP contribution is -2.01. The molecule has 1 aromatic heterocycles. The van der Waals surface area contributed by atoms with Crippen molar-refractivity contribution in [3.63, 3.8) is 0 Å². The van der Waals surface area contributed by atoms with Crippen LogP contribution < -0.4 is 5.73 Å². The molecule has 0 aliphatic carbocycles. The normalized spacial score (nSPS) is 11.1. The summed E-state index contributed by atoms with van der Waals surface area (Å²) in [5.74, 6) is 0. The van der Waals surface area contributed by atoms with Crippen molar-refractivity contribution in [1.82, 2.24) is 10.2 Å². The molecule has 3 N–H and O–H groups in total. The van der Waals surface area contributed by atoms with Crippen LogP contribution in [0.5, 0.6) is 0 Å². The molecule has 0 spiro atoms. The molecule has 0 saturated carbocycles. The van der Waals surface area contributed by atoms with Gasteiger partial charge in [-0.2, -0.15) is 5.10 Å². The lowest BCUT2D eigenvalue weighted by Gasteiger charge is -2.07. The highest BCUT2D eigenvalue weighted by molar-refractivity contribution is 9.10. The second-order valence-corrected chi connectivity index (χ2v) is 4.57. The van der Waals surface area contributed by atoms with E-state index < -0.39 is 0 Å². The molecule has 0 aliphatic heterocycles. The molecule has 5 heteroatoms. The number of nitrogens with two attached hydrogens (primary N) is 1. The van der Waals surface area contributed by atoms with Crippen molar-refractivity contribution in [2.45, 2.75) is 12.8 Å². The van der Waals surface area contributed by atoms with Crippen LogP contribution >= 0.6 is 27.5 Å². The van der Waals surface area contributed by atoms with Crippen LogP contribution in [-0.2, 0) is 6.42 Å². The summed E-state index contributed by atoms with van der Waals surface area (Å²) in [6.07, 6.45) is 3.61. The van der Waals surface area contributed by atoms with Gasteiger partial charge in [-0.05, 0) is 46.9 Å². The Hall–Kier alpha value is -0.580. The van der Waals surface area contributed by atoms with Crippen molar-refractivity contribution in [2.75, 3.05) is 6.54 Å². The number of nitrogens with zero attached hydrogens (tertiary/aromatic N) is 1. The van der Waals surface area contributed by atoms with Crippen LogP contribution in [0.15, 0.2) is 16.7 Å². The van der Waals surface area contributed by atoms with Crippen LogP contribution in [0.4, 0.5) is 0 Å². The third kappa shape index (κ3) is 2.02. The van der Waals surface area contributed by atoms with Gasteiger partial charge >= 0.3 is 0 Å². The average molecular weight is 289 g/mol. The van der Waals surface area contributed by atoms with Gasteiger partial charge in [-0.25, -0.2) is 0 Å². The summed E-state index contributed by atoms with van der Waals surface area (Å²) < 4.78 is 1.02. The fourth-order valence-electron chi connectivity index (χ4n) is 1.57. The van der Waals surface area contributed by atoms with E-state index in [-0.39, 0.29) is 0 Å². The molecule has 2 aromatic rings. The van der Waals surface area contributed by atoms with Crippen molar-refractivity contribution in [3.8, 4) is 0 Å². The van der Waals surface area contributed by atoms with Crippen molar-refractivity contribution < 1.29 is 0 Å². The minimum absolute atomic E-state index is 0.673. The highest BCUT2D eigenvalue weighted by Crippen LogP contribution is 2.33. The number of hydrogen-bond acceptors (Lipinski definition) is 2. The van der Waals surface area contributed by atoms with Crippen LogP contribution in [0, 0.1) is 0 Å². The first-order valence-electron chi connectivity index (χ1n) is 4.74. The Kier molecular flexibility index (Phi) is 3.29. The maximum atomic E-state index is 6.18. The second-order valence-electron chi connectivity index (χ2n) is 3.37. The van der Waals surface area contributed by atoms with Crippen LogP contribution in [0.3, 0.4) is 0 Å². The molecule has 0 radical (unpaired) electrons. The highest BCUT2D eigenvalue weighted by atomic mass is 79.9. The minimum atomic E-state index is 0.673. The van der Waals surface area contributed by atoms with Crippen molar-refractivity contribution in [3.05, 3.63) is 27.3 Å². The second kappa shape index (κ2) is 4.51. The minimum Gasteiger partial charge on any atom is -0.330 e. The zero-order valence-corrected chi connectivity index (χ0v) is 10.4. The zero-order chi connectivity index (χ0) is 10.8. The summed E-state index contributed by atoms with van der Waals surface area (Å²) in [7, 11) is 0. The Morgan fingerprint density at radius 2 is 2.33 bits per heavy atom. The van der Waals surface area contributed by atoms with E-state index in [4.69, 9.17) is 17.3 Å². The maximum Gasteiger partial charge on any atom is 0.0676 e. The maximum absolute atomic E-state index is 6.18. The molecule has 1 aromatic carbocycles. The Morgan fingerprint density at radius 3 is 3.07 bits per heavy atom. The lowest BCUT2D eigenvalue weighted by molar-refractivity contribution is 0.831.